The normalized spacial score (nSPS) is 12.5. The highest BCUT2D eigenvalue weighted by Crippen LogP contribution is 2.14. The number of alkyl carbamates (subject to hydrolysis) is 1. The van der Waals surface area contributed by atoms with Gasteiger partial charge in [-0.2, -0.15) is 5.10 Å². The van der Waals surface area contributed by atoms with Crippen LogP contribution < -0.4 is 16.0 Å². The van der Waals surface area contributed by atoms with Crippen LogP contribution in [0.2, 0.25) is 0 Å². The number of aromatic nitrogens is 2. The van der Waals surface area contributed by atoms with Crippen molar-refractivity contribution in [2.75, 3.05) is 20.1 Å². The zero-order valence-electron chi connectivity index (χ0n) is 18.1. The summed E-state index contributed by atoms with van der Waals surface area (Å²) >= 11 is 0. The number of amides is 1. The van der Waals surface area contributed by atoms with Crippen molar-refractivity contribution in [3.63, 3.8) is 0 Å². The maximum atomic E-state index is 12.3. The first kappa shape index (κ1) is 25.7. The van der Waals surface area contributed by atoms with Gasteiger partial charge < -0.3 is 20.7 Å². The molecule has 0 bridgehead atoms. The van der Waals surface area contributed by atoms with Crippen molar-refractivity contribution in [2.24, 2.45) is 4.99 Å². The van der Waals surface area contributed by atoms with Crippen LogP contribution in [0.1, 0.15) is 38.8 Å². The molecule has 8 nitrogen and oxygen atoms in total. The standard InChI is InChI=1S/C21H32N6O2.HI/c1-21(2,3)29-20(28)26-18(17-10-6-5-7-11-17)16-24-19(22-4)23-12-8-14-27-15-9-13-25-27;/h5-7,9-11,13,15,18H,8,12,14,16H2,1-4H3,(H,26,28)(H2,22,23,24);1H. The summed E-state index contributed by atoms with van der Waals surface area (Å²) in [6, 6.07) is 11.4. The van der Waals surface area contributed by atoms with E-state index in [1.807, 2.05) is 68.0 Å². The van der Waals surface area contributed by atoms with Gasteiger partial charge in [0.15, 0.2) is 5.96 Å². The van der Waals surface area contributed by atoms with E-state index in [9.17, 15) is 4.79 Å². The van der Waals surface area contributed by atoms with Crippen molar-refractivity contribution < 1.29 is 9.53 Å². The number of nitrogens with zero attached hydrogens (tertiary/aromatic N) is 3. The third-order valence-electron chi connectivity index (χ3n) is 4.01. The van der Waals surface area contributed by atoms with Crippen LogP contribution in [0.5, 0.6) is 0 Å². The number of hydrogen-bond donors (Lipinski definition) is 3. The van der Waals surface area contributed by atoms with E-state index in [-0.39, 0.29) is 30.0 Å². The molecule has 2 aromatic rings. The first-order chi connectivity index (χ1) is 13.9. The maximum absolute atomic E-state index is 12.3. The second-order valence-electron chi connectivity index (χ2n) is 7.61. The number of benzene rings is 1. The molecule has 1 atom stereocenters. The van der Waals surface area contributed by atoms with Crippen LogP contribution in [0, 0.1) is 0 Å². The lowest BCUT2D eigenvalue weighted by Gasteiger charge is -2.24. The van der Waals surface area contributed by atoms with Crippen molar-refractivity contribution in [3.05, 3.63) is 54.4 Å². The molecule has 2 rings (SSSR count). The van der Waals surface area contributed by atoms with Crippen LogP contribution in [0.3, 0.4) is 0 Å². The molecule has 0 aliphatic rings. The summed E-state index contributed by atoms with van der Waals surface area (Å²) in [5.74, 6) is 0.678. The fraction of sp³-hybridized carbons (Fsp3) is 0.476. The zero-order chi connectivity index (χ0) is 21.1. The summed E-state index contributed by atoms with van der Waals surface area (Å²) in [4.78, 5) is 16.5. The Morgan fingerprint density at radius 2 is 1.93 bits per heavy atom. The third-order valence-corrected chi connectivity index (χ3v) is 4.01. The Kier molecular flexibility index (Phi) is 11.2. The van der Waals surface area contributed by atoms with Gasteiger partial charge in [-0.15, -0.1) is 24.0 Å². The fourth-order valence-corrected chi connectivity index (χ4v) is 2.69. The number of ether oxygens (including phenoxy) is 1. The second-order valence-corrected chi connectivity index (χ2v) is 7.61. The van der Waals surface area contributed by atoms with Crippen molar-refractivity contribution in [1.82, 2.24) is 25.7 Å². The van der Waals surface area contributed by atoms with E-state index in [2.05, 4.69) is 26.0 Å². The van der Waals surface area contributed by atoms with E-state index in [0.717, 1.165) is 25.1 Å². The van der Waals surface area contributed by atoms with Crippen molar-refractivity contribution in [3.8, 4) is 0 Å². The molecule has 1 aromatic heterocycles. The summed E-state index contributed by atoms with van der Waals surface area (Å²) in [5.41, 5.74) is 0.435. The SMILES string of the molecule is CN=C(NCCCn1cccn1)NCC(NC(=O)OC(C)(C)C)c1ccccc1.I. The Morgan fingerprint density at radius 3 is 2.53 bits per heavy atom. The highest BCUT2D eigenvalue weighted by atomic mass is 127. The first-order valence-corrected chi connectivity index (χ1v) is 9.84. The van der Waals surface area contributed by atoms with Crippen LogP contribution in [0.4, 0.5) is 4.79 Å². The molecule has 0 fully saturated rings. The topological polar surface area (TPSA) is 92.6 Å². The molecule has 0 saturated heterocycles. The molecule has 0 spiro atoms. The van der Waals surface area contributed by atoms with Gasteiger partial charge in [0, 0.05) is 39.1 Å². The monoisotopic (exact) mass is 528 g/mol. The third kappa shape index (κ3) is 9.95. The first-order valence-electron chi connectivity index (χ1n) is 9.84. The number of rotatable bonds is 8. The minimum atomic E-state index is -0.551. The van der Waals surface area contributed by atoms with Gasteiger partial charge in [-0.25, -0.2) is 4.79 Å². The van der Waals surface area contributed by atoms with Crippen molar-refractivity contribution >= 4 is 36.0 Å². The van der Waals surface area contributed by atoms with Gasteiger partial charge >= 0.3 is 6.09 Å². The highest BCUT2D eigenvalue weighted by Gasteiger charge is 2.20. The number of carbonyl (C=O) groups excluding carboxylic acids is 1. The molecule has 0 saturated carbocycles. The zero-order valence-corrected chi connectivity index (χ0v) is 20.4. The minimum Gasteiger partial charge on any atom is -0.444 e. The summed E-state index contributed by atoms with van der Waals surface area (Å²) in [7, 11) is 1.72. The quantitative estimate of drug-likeness (QED) is 0.212. The molecule has 1 aromatic carbocycles. The van der Waals surface area contributed by atoms with Gasteiger partial charge in [-0.05, 0) is 38.8 Å². The Hall–Kier alpha value is -2.30. The molecule has 1 amide bonds. The molecular weight excluding hydrogens is 495 g/mol. The number of hydrogen-bond acceptors (Lipinski definition) is 4. The Balaban J connectivity index is 0.00000450. The second kappa shape index (κ2) is 13.1. The molecule has 30 heavy (non-hydrogen) atoms. The molecular formula is C21H33IN6O2. The molecule has 0 aliphatic heterocycles. The number of aliphatic imine (C=N–C) groups is 1. The van der Waals surface area contributed by atoms with Gasteiger partial charge in [-0.3, -0.25) is 9.67 Å². The summed E-state index contributed by atoms with van der Waals surface area (Å²) in [5, 5.41) is 13.7. The van der Waals surface area contributed by atoms with E-state index >= 15 is 0 Å². The molecule has 166 valence electrons. The molecule has 1 heterocycles. The van der Waals surface area contributed by atoms with Gasteiger partial charge in [-0.1, -0.05) is 30.3 Å². The van der Waals surface area contributed by atoms with Crippen LogP contribution in [-0.4, -0.2) is 47.6 Å². The highest BCUT2D eigenvalue weighted by molar-refractivity contribution is 14.0. The van der Waals surface area contributed by atoms with Gasteiger partial charge in [0.25, 0.3) is 0 Å². The Labute approximate surface area is 195 Å². The van der Waals surface area contributed by atoms with Gasteiger partial charge in [0.2, 0.25) is 0 Å². The van der Waals surface area contributed by atoms with Crippen LogP contribution >= 0.6 is 24.0 Å². The Bertz CT molecular complexity index is 760. The minimum absolute atomic E-state index is 0. The molecule has 0 aliphatic carbocycles. The summed E-state index contributed by atoms with van der Waals surface area (Å²) in [6.45, 7) is 7.60. The molecule has 0 radical (unpaired) electrons. The van der Waals surface area contributed by atoms with Crippen LogP contribution in [0.15, 0.2) is 53.8 Å². The summed E-state index contributed by atoms with van der Waals surface area (Å²) < 4.78 is 7.30. The van der Waals surface area contributed by atoms with E-state index in [0.29, 0.717) is 12.5 Å². The average Bonchev–Trinajstić information content (AvgIpc) is 3.19. The van der Waals surface area contributed by atoms with Gasteiger partial charge in [0.1, 0.15) is 5.60 Å². The predicted molar refractivity (Wildman–Crippen MR) is 130 cm³/mol. The number of aryl methyl sites for hydroxylation is 1. The number of carbonyl (C=O) groups is 1. The lowest BCUT2D eigenvalue weighted by molar-refractivity contribution is 0.0504. The fourth-order valence-electron chi connectivity index (χ4n) is 2.69. The van der Waals surface area contributed by atoms with Crippen LogP contribution in [-0.2, 0) is 11.3 Å². The van der Waals surface area contributed by atoms with Crippen molar-refractivity contribution in [2.45, 2.75) is 45.4 Å². The van der Waals surface area contributed by atoms with E-state index in [4.69, 9.17) is 4.74 Å². The van der Waals surface area contributed by atoms with E-state index in [1.165, 1.54) is 0 Å². The number of guanidine groups is 1. The number of nitrogens with one attached hydrogen (secondary N) is 3. The van der Waals surface area contributed by atoms with Crippen LogP contribution in [0.25, 0.3) is 0 Å². The van der Waals surface area contributed by atoms with E-state index in [1.54, 1.807) is 13.2 Å². The smallest absolute Gasteiger partial charge is 0.408 e. The molecule has 3 N–H and O–H groups in total. The van der Waals surface area contributed by atoms with Crippen molar-refractivity contribution in [1.29, 1.82) is 0 Å². The lowest BCUT2D eigenvalue weighted by Crippen LogP contribution is -2.44. The maximum Gasteiger partial charge on any atom is 0.408 e. The predicted octanol–water partition coefficient (Wildman–Crippen LogP) is 3.32. The van der Waals surface area contributed by atoms with E-state index < -0.39 is 11.7 Å². The Morgan fingerprint density at radius 1 is 1.20 bits per heavy atom. The largest absolute Gasteiger partial charge is 0.444 e. The molecule has 9 heteroatoms. The molecule has 1 unspecified atom stereocenters. The number of halogens is 1. The lowest BCUT2D eigenvalue weighted by atomic mass is 10.1. The summed E-state index contributed by atoms with van der Waals surface area (Å²) in [6.07, 6.45) is 4.19. The average molecular weight is 528 g/mol. The van der Waals surface area contributed by atoms with Gasteiger partial charge in [0.05, 0.1) is 6.04 Å².